The lowest BCUT2D eigenvalue weighted by Gasteiger charge is -2.21. The molecule has 0 amide bonds. The Morgan fingerprint density at radius 3 is 2.42 bits per heavy atom. The van der Waals surface area contributed by atoms with Gasteiger partial charge in [0.25, 0.3) is 0 Å². The second-order valence-corrected chi connectivity index (χ2v) is 3.76. The Kier molecular flexibility index (Phi) is 5.77. The predicted molar refractivity (Wildman–Crippen MR) is 49.6 cm³/mol. The molecule has 71 valence electrons. The van der Waals surface area contributed by atoms with Crippen molar-refractivity contribution < 1.29 is 9.53 Å². The minimum atomic E-state index is -0.324. The van der Waals surface area contributed by atoms with Gasteiger partial charge < -0.3 is 4.74 Å². The summed E-state index contributed by atoms with van der Waals surface area (Å²) >= 11 is 0. The first kappa shape index (κ1) is 11.5. The molecule has 0 fully saturated rings. The molecule has 0 saturated carbocycles. The van der Waals surface area contributed by atoms with Gasteiger partial charge in [-0.05, 0) is 26.7 Å². The summed E-state index contributed by atoms with van der Waals surface area (Å²) < 4.78 is 4.80. The zero-order chi connectivity index (χ0) is 9.45. The van der Waals surface area contributed by atoms with Crippen LogP contribution in [0.1, 0.15) is 52.9 Å². The average molecular weight is 171 g/mol. The summed E-state index contributed by atoms with van der Waals surface area (Å²) in [7, 11) is 0. The number of rotatable bonds is 7. The molecule has 2 nitrogen and oxygen atoms in total. The first-order chi connectivity index (χ1) is 5.62. The molecule has 0 aliphatic rings. The molecule has 0 N–H and O–H groups in total. The van der Waals surface area contributed by atoms with E-state index in [0.29, 0.717) is 0 Å². The highest BCUT2D eigenvalue weighted by atomic mass is 16.5. The first-order valence-corrected chi connectivity index (χ1v) is 4.67. The summed E-state index contributed by atoms with van der Waals surface area (Å²) in [5.41, 5.74) is -0.324. The van der Waals surface area contributed by atoms with Crippen LogP contribution in [0.3, 0.4) is 0 Å². The normalized spacial score (nSPS) is 11.2. The maximum absolute atomic E-state index is 9.96. The molecule has 12 heavy (non-hydrogen) atoms. The van der Waals surface area contributed by atoms with Gasteiger partial charge in [0.1, 0.15) is 5.60 Å². The molecule has 0 unspecified atom stereocenters. The van der Waals surface area contributed by atoms with E-state index in [2.05, 4.69) is 6.92 Å². The summed E-state index contributed by atoms with van der Waals surface area (Å²) in [4.78, 5) is 9.96. The van der Waals surface area contributed by atoms with Crippen LogP contribution in [0.25, 0.3) is 0 Å². The Morgan fingerprint density at radius 2 is 1.92 bits per heavy atom. The van der Waals surface area contributed by atoms with E-state index < -0.39 is 0 Å². The molecule has 1 radical (unpaired) electrons. The smallest absolute Gasteiger partial charge is 0.418 e. The molecule has 0 aromatic rings. The van der Waals surface area contributed by atoms with Crippen molar-refractivity contribution in [3.8, 4) is 0 Å². The largest absolute Gasteiger partial charge is 0.451 e. The van der Waals surface area contributed by atoms with Gasteiger partial charge in [0.15, 0.2) is 0 Å². The van der Waals surface area contributed by atoms with Crippen LogP contribution in [-0.4, -0.2) is 12.1 Å². The quantitative estimate of drug-likeness (QED) is 0.550. The van der Waals surface area contributed by atoms with Gasteiger partial charge in [0.05, 0.1) is 0 Å². The van der Waals surface area contributed by atoms with Gasteiger partial charge in [-0.25, -0.2) is 4.79 Å². The summed E-state index contributed by atoms with van der Waals surface area (Å²) in [5, 5.41) is 0. The van der Waals surface area contributed by atoms with Gasteiger partial charge in [-0.2, -0.15) is 0 Å². The molecule has 0 aromatic carbocycles. The SMILES string of the molecule is CCCCCCC(C)(C)O[C]=O. The molecular formula is C10H19O2. The summed E-state index contributed by atoms with van der Waals surface area (Å²) in [6.45, 7) is 7.52. The summed E-state index contributed by atoms with van der Waals surface area (Å²) in [6.07, 6.45) is 5.79. The van der Waals surface area contributed by atoms with E-state index in [-0.39, 0.29) is 5.60 Å². The van der Waals surface area contributed by atoms with Crippen LogP contribution in [0.15, 0.2) is 0 Å². The molecule has 0 aliphatic heterocycles. The Hall–Kier alpha value is -0.530. The molecule has 0 aliphatic carbocycles. The third-order valence-electron chi connectivity index (χ3n) is 1.95. The molecule has 0 atom stereocenters. The molecule has 0 rings (SSSR count). The van der Waals surface area contributed by atoms with E-state index in [1.807, 2.05) is 13.8 Å². The van der Waals surface area contributed by atoms with Crippen LogP contribution in [0.5, 0.6) is 0 Å². The maximum atomic E-state index is 9.96. The zero-order valence-corrected chi connectivity index (χ0v) is 8.35. The van der Waals surface area contributed by atoms with Gasteiger partial charge in [-0.15, -0.1) is 0 Å². The Morgan fingerprint density at radius 1 is 1.25 bits per heavy atom. The predicted octanol–water partition coefficient (Wildman–Crippen LogP) is 2.82. The van der Waals surface area contributed by atoms with Crippen molar-refractivity contribution in [2.45, 2.75) is 58.5 Å². The average Bonchev–Trinajstić information content (AvgIpc) is 1.98. The molecule has 0 bridgehead atoms. The Labute approximate surface area is 75.3 Å². The second kappa shape index (κ2) is 6.04. The number of ether oxygens (including phenoxy) is 1. The number of hydrogen-bond donors (Lipinski definition) is 0. The van der Waals surface area contributed by atoms with Crippen LogP contribution in [0, 0.1) is 0 Å². The third kappa shape index (κ3) is 6.20. The monoisotopic (exact) mass is 171 g/mol. The zero-order valence-electron chi connectivity index (χ0n) is 8.35. The minimum Gasteiger partial charge on any atom is -0.451 e. The van der Waals surface area contributed by atoms with Crippen molar-refractivity contribution >= 4 is 6.47 Å². The highest BCUT2D eigenvalue weighted by Crippen LogP contribution is 2.17. The van der Waals surface area contributed by atoms with Crippen LogP contribution >= 0.6 is 0 Å². The molecule has 2 heteroatoms. The minimum absolute atomic E-state index is 0.324. The lowest BCUT2D eigenvalue weighted by atomic mass is 10.0. The van der Waals surface area contributed by atoms with Crippen molar-refractivity contribution in [3.05, 3.63) is 0 Å². The van der Waals surface area contributed by atoms with Gasteiger partial charge in [-0.1, -0.05) is 26.2 Å². The van der Waals surface area contributed by atoms with E-state index in [1.54, 1.807) is 0 Å². The Balaban J connectivity index is 3.39. The van der Waals surface area contributed by atoms with Gasteiger partial charge in [-0.3, -0.25) is 0 Å². The van der Waals surface area contributed by atoms with Crippen LogP contribution in [0.2, 0.25) is 0 Å². The van der Waals surface area contributed by atoms with E-state index >= 15 is 0 Å². The number of unbranched alkanes of at least 4 members (excludes halogenated alkanes) is 3. The van der Waals surface area contributed by atoms with Crippen molar-refractivity contribution in [1.82, 2.24) is 0 Å². The summed E-state index contributed by atoms with van der Waals surface area (Å²) in [5.74, 6) is 0. The van der Waals surface area contributed by atoms with Crippen molar-refractivity contribution in [2.75, 3.05) is 0 Å². The first-order valence-electron chi connectivity index (χ1n) is 4.67. The van der Waals surface area contributed by atoms with Crippen molar-refractivity contribution in [3.63, 3.8) is 0 Å². The van der Waals surface area contributed by atoms with Gasteiger partial charge in [0.2, 0.25) is 0 Å². The lowest BCUT2D eigenvalue weighted by Crippen LogP contribution is -2.23. The molecule has 0 heterocycles. The van der Waals surface area contributed by atoms with Crippen LogP contribution in [0.4, 0.5) is 0 Å². The molecule has 0 spiro atoms. The second-order valence-electron chi connectivity index (χ2n) is 3.76. The maximum Gasteiger partial charge on any atom is 0.418 e. The van der Waals surface area contributed by atoms with E-state index in [0.717, 1.165) is 12.8 Å². The van der Waals surface area contributed by atoms with Gasteiger partial charge >= 0.3 is 6.47 Å². The molecule has 0 aromatic heterocycles. The van der Waals surface area contributed by atoms with Gasteiger partial charge in [0, 0.05) is 0 Å². The highest BCUT2D eigenvalue weighted by molar-refractivity contribution is 5.39. The number of carbonyl (C=O) groups excluding carboxylic acids is 1. The fourth-order valence-electron chi connectivity index (χ4n) is 1.14. The fourth-order valence-corrected chi connectivity index (χ4v) is 1.14. The van der Waals surface area contributed by atoms with Crippen molar-refractivity contribution in [2.24, 2.45) is 0 Å². The van der Waals surface area contributed by atoms with E-state index in [9.17, 15) is 4.79 Å². The van der Waals surface area contributed by atoms with Crippen molar-refractivity contribution in [1.29, 1.82) is 0 Å². The molecular weight excluding hydrogens is 152 g/mol. The standard InChI is InChI=1S/C10H19O2/c1-4-5-6-7-8-10(2,3)12-9-11/h4-8H2,1-3H3. The van der Waals surface area contributed by atoms with Crippen LogP contribution in [-0.2, 0) is 9.53 Å². The van der Waals surface area contributed by atoms with Crippen LogP contribution < -0.4 is 0 Å². The van der Waals surface area contributed by atoms with E-state index in [1.165, 1.54) is 25.7 Å². The fraction of sp³-hybridized carbons (Fsp3) is 0.900. The third-order valence-corrected chi connectivity index (χ3v) is 1.95. The van der Waals surface area contributed by atoms with E-state index in [4.69, 9.17) is 4.74 Å². The Bertz CT molecular complexity index is 119. The number of hydrogen-bond acceptors (Lipinski definition) is 2. The molecule has 0 saturated heterocycles. The topological polar surface area (TPSA) is 26.3 Å². The summed E-state index contributed by atoms with van der Waals surface area (Å²) in [6, 6.07) is 0. The lowest BCUT2D eigenvalue weighted by molar-refractivity contribution is 0.0773. The highest BCUT2D eigenvalue weighted by Gasteiger charge is 2.17.